The van der Waals surface area contributed by atoms with Crippen LogP contribution >= 0.6 is 11.6 Å². The van der Waals surface area contributed by atoms with Crippen LogP contribution in [0.15, 0.2) is 48.7 Å². The molecule has 3 rings (SSSR count). The first kappa shape index (κ1) is 17.7. The molecule has 26 heavy (non-hydrogen) atoms. The predicted molar refractivity (Wildman–Crippen MR) is 98.7 cm³/mol. The molecule has 1 N–H and O–H groups in total. The summed E-state index contributed by atoms with van der Waals surface area (Å²) in [6.45, 7) is -0.00681. The van der Waals surface area contributed by atoms with Crippen molar-refractivity contribution in [3.63, 3.8) is 0 Å². The first-order valence-electron chi connectivity index (χ1n) is 7.74. The molecule has 3 aromatic rings. The van der Waals surface area contributed by atoms with E-state index in [1.165, 1.54) is 25.3 Å². The Morgan fingerprint density at radius 2 is 2.00 bits per heavy atom. The number of benzene rings is 2. The molecule has 0 radical (unpaired) electrons. The third-order valence-corrected chi connectivity index (χ3v) is 4.25. The number of aldehydes is 1. The van der Waals surface area contributed by atoms with E-state index in [4.69, 9.17) is 11.6 Å². The summed E-state index contributed by atoms with van der Waals surface area (Å²) in [6, 6.07) is 11.8. The molecule has 7 heteroatoms. The number of para-hydroxylation sites is 1. The van der Waals surface area contributed by atoms with Gasteiger partial charge in [0.2, 0.25) is 5.91 Å². The molecule has 0 atom stereocenters. The van der Waals surface area contributed by atoms with Crippen molar-refractivity contribution in [2.75, 3.05) is 12.4 Å². The number of carbonyl (C=O) groups is 3. The number of ether oxygens (including phenoxy) is 1. The molecular weight excluding hydrogens is 356 g/mol. The molecule has 2 aromatic carbocycles. The van der Waals surface area contributed by atoms with Gasteiger partial charge in [-0.25, -0.2) is 4.79 Å². The Labute approximate surface area is 154 Å². The van der Waals surface area contributed by atoms with E-state index in [1.54, 1.807) is 10.8 Å². The van der Waals surface area contributed by atoms with Crippen LogP contribution in [0.1, 0.15) is 20.7 Å². The summed E-state index contributed by atoms with van der Waals surface area (Å²) < 4.78 is 6.35. The van der Waals surface area contributed by atoms with E-state index in [1.807, 2.05) is 24.3 Å². The van der Waals surface area contributed by atoms with E-state index in [-0.39, 0.29) is 18.0 Å². The van der Waals surface area contributed by atoms with Crippen molar-refractivity contribution in [3.05, 3.63) is 64.8 Å². The van der Waals surface area contributed by atoms with Gasteiger partial charge >= 0.3 is 5.97 Å². The van der Waals surface area contributed by atoms with Gasteiger partial charge in [-0.1, -0.05) is 29.8 Å². The van der Waals surface area contributed by atoms with Gasteiger partial charge in [0, 0.05) is 22.7 Å². The molecule has 0 saturated heterocycles. The number of halogens is 1. The number of nitrogens with zero attached hydrogens (tertiary/aromatic N) is 1. The highest BCUT2D eigenvalue weighted by molar-refractivity contribution is 6.33. The van der Waals surface area contributed by atoms with Crippen molar-refractivity contribution >= 4 is 46.4 Å². The van der Waals surface area contributed by atoms with E-state index in [0.717, 1.165) is 17.2 Å². The van der Waals surface area contributed by atoms with Crippen molar-refractivity contribution in [1.82, 2.24) is 4.57 Å². The van der Waals surface area contributed by atoms with Gasteiger partial charge in [-0.15, -0.1) is 0 Å². The predicted octanol–water partition coefficient (Wildman–Crippen LogP) is 3.53. The van der Waals surface area contributed by atoms with Gasteiger partial charge in [0.15, 0.2) is 6.29 Å². The molecule has 0 spiro atoms. The molecule has 6 nitrogen and oxygen atoms in total. The summed E-state index contributed by atoms with van der Waals surface area (Å²) in [5.41, 5.74) is 1.88. The van der Waals surface area contributed by atoms with Crippen LogP contribution in [0.25, 0.3) is 10.9 Å². The van der Waals surface area contributed by atoms with Gasteiger partial charge in [0.25, 0.3) is 0 Å². The zero-order valence-corrected chi connectivity index (χ0v) is 14.6. The fourth-order valence-electron chi connectivity index (χ4n) is 2.71. The van der Waals surface area contributed by atoms with E-state index < -0.39 is 5.97 Å². The Morgan fingerprint density at radius 1 is 1.23 bits per heavy atom. The van der Waals surface area contributed by atoms with Crippen molar-refractivity contribution in [3.8, 4) is 0 Å². The van der Waals surface area contributed by atoms with E-state index in [0.29, 0.717) is 16.3 Å². The molecule has 0 bridgehead atoms. The highest BCUT2D eigenvalue weighted by Crippen LogP contribution is 2.24. The van der Waals surface area contributed by atoms with E-state index >= 15 is 0 Å². The number of carbonyl (C=O) groups excluding carboxylic acids is 3. The Bertz CT molecular complexity index is 1010. The SMILES string of the molecule is COC(=O)c1ccc(Cl)c(NC(=O)Cn2cc(C=O)c3ccccc32)c1. The maximum atomic E-state index is 12.4. The quantitative estimate of drug-likeness (QED) is 0.550. The van der Waals surface area contributed by atoms with Crippen LogP contribution in [0.3, 0.4) is 0 Å². The number of methoxy groups -OCH3 is 1. The lowest BCUT2D eigenvalue weighted by Gasteiger charge is -2.10. The summed E-state index contributed by atoms with van der Waals surface area (Å²) in [4.78, 5) is 35.3. The van der Waals surface area contributed by atoms with Gasteiger partial charge in [-0.3, -0.25) is 9.59 Å². The molecule has 0 aliphatic heterocycles. The highest BCUT2D eigenvalue weighted by atomic mass is 35.5. The van der Waals surface area contributed by atoms with Crippen LogP contribution in [0.2, 0.25) is 5.02 Å². The topological polar surface area (TPSA) is 77.4 Å². The number of amides is 1. The fourth-order valence-corrected chi connectivity index (χ4v) is 2.88. The number of rotatable bonds is 5. The lowest BCUT2D eigenvalue weighted by molar-refractivity contribution is -0.116. The van der Waals surface area contributed by atoms with E-state index in [9.17, 15) is 14.4 Å². The third kappa shape index (κ3) is 3.45. The summed E-state index contributed by atoms with van der Waals surface area (Å²) in [6.07, 6.45) is 2.39. The number of hydrogen-bond donors (Lipinski definition) is 1. The third-order valence-electron chi connectivity index (χ3n) is 3.92. The number of aromatic nitrogens is 1. The molecule has 1 aromatic heterocycles. The molecular formula is C19H15ClN2O4. The highest BCUT2D eigenvalue weighted by Gasteiger charge is 2.14. The molecule has 0 saturated carbocycles. The maximum Gasteiger partial charge on any atom is 0.337 e. The second kappa shape index (κ2) is 7.41. The minimum atomic E-state index is -0.524. The lowest BCUT2D eigenvalue weighted by Crippen LogP contribution is -2.18. The lowest BCUT2D eigenvalue weighted by atomic mass is 10.2. The molecule has 0 fully saturated rings. The molecule has 132 valence electrons. The molecule has 0 aliphatic rings. The summed E-state index contributed by atoms with van der Waals surface area (Å²) in [5.74, 6) is -0.865. The van der Waals surface area contributed by atoms with Crippen molar-refractivity contribution in [1.29, 1.82) is 0 Å². The van der Waals surface area contributed by atoms with Gasteiger partial charge in [-0.05, 0) is 24.3 Å². The van der Waals surface area contributed by atoms with Crippen LogP contribution in [0, 0.1) is 0 Å². The largest absolute Gasteiger partial charge is 0.465 e. The Morgan fingerprint density at radius 3 is 2.73 bits per heavy atom. The minimum Gasteiger partial charge on any atom is -0.465 e. The van der Waals surface area contributed by atoms with Crippen molar-refractivity contribution < 1.29 is 19.1 Å². The molecule has 0 unspecified atom stereocenters. The average Bonchev–Trinajstić information content (AvgIpc) is 3.00. The van der Waals surface area contributed by atoms with Gasteiger partial charge < -0.3 is 14.6 Å². The molecule has 1 amide bonds. The van der Waals surface area contributed by atoms with Crippen LogP contribution in [-0.2, 0) is 16.1 Å². The van der Waals surface area contributed by atoms with Crippen LogP contribution < -0.4 is 5.32 Å². The summed E-state index contributed by atoms with van der Waals surface area (Å²) in [7, 11) is 1.27. The minimum absolute atomic E-state index is 0.00681. The fraction of sp³-hybridized carbons (Fsp3) is 0.105. The van der Waals surface area contributed by atoms with Gasteiger partial charge in [-0.2, -0.15) is 0 Å². The smallest absolute Gasteiger partial charge is 0.337 e. The number of esters is 1. The normalized spacial score (nSPS) is 10.5. The number of fused-ring (bicyclic) bond motifs is 1. The van der Waals surface area contributed by atoms with Gasteiger partial charge in [0.05, 0.1) is 23.4 Å². The summed E-state index contributed by atoms with van der Waals surface area (Å²) >= 11 is 6.09. The Hall–Kier alpha value is -3.12. The number of nitrogens with one attached hydrogen (secondary N) is 1. The first-order chi connectivity index (χ1) is 12.5. The first-order valence-corrected chi connectivity index (χ1v) is 8.12. The standard InChI is InChI=1S/C19H15ClN2O4/c1-26-19(25)12-6-7-15(20)16(8-12)21-18(24)10-22-9-13(11-23)14-4-2-3-5-17(14)22/h2-9,11H,10H2,1H3,(H,21,24). The average molecular weight is 371 g/mol. The van der Waals surface area contributed by atoms with Gasteiger partial charge in [0.1, 0.15) is 6.54 Å². The van der Waals surface area contributed by atoms with Crippen LogP contribution in [0.5, 0.6) is 0 Å². The Kier molecular flexibility index (Phi) is 5.04. The summed E-state index contributed by atoms with van der Waals surface area (Å²) in [5, 5.41) is 3.76. The second-order valence-corrected chi connectivity index (χ2v) is 5.99. The van der Waals surface area contributed by atoms with Crippen molar-refractivity contribution in [2.45, 2.75) is 6.54 Å². The van der Waals surface area contributed by atoms with E-state index in [2.05, 4.69) is 10.1 Å². The second-order valence-electron chi connectivity index (χ2n) is 5.58. The maximum absolute atomic E-state index is 12.4. The molecule has 0 aliphatic carbocycles. The van der Waals surface area contributed by atoms with Crippen molar-refractivity contribution in [2.24, 2.45) is 0 Å². The Balaban J connectivity index is 1.84. The molecule has 1 heterocycles. The zero-order valence-electron chi connectivity index (χ0n) is 13.9. The number of anilines is 1. The van der Waals surface area contributed by atoms with Crippen LogP contribution in [-0.4, -0.2) is 29.8 Å². The monoisotopic (exact) mass is 370 g/mol. The number of hydrogen-bond acceptors (Lipinski definition) is 4. The van der Waals surface area contributed by atoms with Crippen LogP contribution in [0.4, 0.5) is 5.69 Å². The zero-order chi connectivity index (χ0) is 18.7.